The van der Waals surface area contributed by atoms with E-state index >= 15 is 0 Å². The van der Waals surface area contributed by atoms with E-state index in [2.05, 4.69) is 77.4 Å². The lowest BCUT2D eigenvalue weighted by atomic mass is 10.0. The Morgan fingerprint density at radius 1 is 0.432 bits per heavy atom. The molecule has 3 heterocycles. The molecule has 0 bridgehead atoms. The maximum absolute atomic E-state index is 6.52. The van der Waals surface area contributed by atoms with Crippen LogP contribution in [-0.2, 0) is 0 Å². The molecule has 9 rings (SSSR count). The molecule has 5 heteroatoms. The fourth-order valence-electron chi connectivity index (χ4n) is 6.27. The van der Waals surface area contributed by atoms with Gasteiger partial charge in [0.1, 0.15) is 11.2 Å². The fourth-order valence-corrected chi connectivity index (χ4v) is 6.27. The Bertz CT molecular complexity index is 2380. The van der Waals surface area contributed by atoms with Crippen molar-refractivity contribution in [2.45, 2.75) is 0 Å². The lowest BCUT2D eigenvalue weighted by Gasteiger charge is -2.09. The highest BCUT2D eigenvalue weighted by Crippen LogP contribution is 2.39. The first kappa shape index (κ1) is 24.5. The minimum absolute atomic E-state index is 0.609. The van der Waals surface area contributed by atoms with Gasteiger partial charge in [0.15, 0.2) is 17.5 Å². The van der Waals surface area contributed by atoms with Gasteiger partial charge in [-0.25, -0.2) is 15.0 Å². The molecule has 0 aliphatic heterocycles. The lowest BCUT2D eigenvalue weighted by molar-refractivity contribution is 0.668. The van der Waals surface area contributed by atoms with E-state index in [0.717, 1.165) is 55.3 Å². The molecule has 5 nitrogen and oxygen atoms in total. The Kier molecular flexibility index (Phi) is 5.43. The standard InChI is InChI=1S/C39H24N4O/c1-3-12-25(13-4-1)37-40-38(26-14-5-2-6-15-26)42-39(41-37)31-18-11-21-34-36(31)30-23-22-27(24-35(30)44-34)43-32-19-9-7-16-28(32)29-17-8-10-20-33(29)43/h1-24H. The van der Waals surface area contributed by atoms with Crippen molar-refractivity contribution in [3.05, 3.63) is 146 Å². The first-order chi connectivity index (χ1) is 21.8. The molecule has 6 aromatic carbocycles. The quantitative estimate of drug-likeness (QED) is 0.213. The summed E-state index contributed by atoms with van der Waals surface area (Å²) in [7, 11) is 0. The third kappa shape index (κ3) is 3.83. The van der Waals surface area contributed by atoms with Crippen LogP contribution >= 0.6 is 0 Å². The van der Waals surface area contributed by atoms with Crippen molar-refractivity contribution in [1.29, 1.82) is 0 Å². The van der Waals surface area contributed by atoms with Crippen molar-refractivity contribution in [2.75, 3.05) is 0 Å². The molecule has 0 unspecified atom stereocenters. The highest BCUT2D eigenvalue weighted by atomic mass is 16.3. The summed E-state index contributed by atoms with van der Waals surface area (Å²) in [4.78, 5) is 14.9. The van der Waals surface area contributed by atoms with Crippen LogP contribution in [0, 0.1) is 0 Å². The maximum Gasteiger partial charge on any atom is 0.164 e. The van der Waals surface area contributed by atoms with Gasteiger partial charge >= 0.3 is 0 Å². The summed E-state index contributed by atoms with van der Waals surface area (Å²) in [6.07, 6.45) is 0. The summed E-state index contributed by atoms with van der Waals surface area (Å²) in [5, 5.41) is 4.46. The van der Waals surface area contributed by atoms with Crippen LogP contribution in [0.2, 0.25) is 0 Å². The molecule has 0 saturated heterocycles. The van der Waals surface area contributed by atoms with Gasteiger partial charge in [-0.2, -0.15) is 0 Å². The normalized spacial score (nSPS) is 11.6. The number of nitrogens with zero attached hydrogens (tertiary/aromatic N) is 4. The number of hydrogen-bond donors (Lipinski definition) is 0. The largest absolute Gasteiger partial charge is 0.456 e. The van der Waals surface area contributed by atoms with E-state index in [9.17, 15) is 0 Å². The van der Waals surface area contributed by atoms with Crippen LogP contribution in [0.1, 0.15) is 0 Å². The first-order valence-electron chi connectivity index (χ1n) is 14.6. The molecular formula is C39H24N4O. The van der Waals surface area contributed by atoms with E-state index in [1.165, 1.54) is 10.8 Å². The minimum atomic E-state index is 0.609. The zero-order valence-corrected chi connectivity index (χ0v) is 23.6. The summed E-state index contributed by atoms with van der Waals surface area (Å²) in [5.41, 5.74) is 7.76. The van der Waals surface area contributed by atoms with E-state index in [0.29, 0.717) is 17.5 Å². The van der Waals surface area contributed by atoms with Gasteiger partial charge in [-0.3, -0.25) is 0 Å². The SMILES string of the molecule is c1ccc(-c2nc(-c3ccccc3)nc(-c3cccc4oc5cc(-n6c7ccccc7c7ccccc76)ccc5c34)n2)cc1. The van der Waals surface area contributed by atoms with E-state index < -0.39 is 0 Å². The number of benzene rings is 6. The van der Waals surface area contributed by atoms with Crippen molar-refractivity contribution >= 4 is 43.7 Å². The van der Waals surface area contributed by atoms with Crippen molar-refractivity contribution in [3.8, 4) is 39.9 Å². The minimum Gasteiger partial charge on any atom is -0.456 e. The Labute approximate surface area is 252 Å². The van der Waals surface area contributed by atoms with Gasteiger partial charge in [-0.15, -0.1) is 0 Å². The summed E-state index contributed by atoms with van der Waals surface area (Å²) < 4.78 is 8.83. The number of hydrogen-bond acceptors (Lipinski definition) is 4. The van der Waals surface area contributed by atoms with Gasteiger partial charge in [0.05, 0.1) is 11.0 Å². The first-order valence-corrected chi connectivity index (χ1v) is 14.6. The molecule has 0 radical (unpaired) electrons. The molecule has 0 saturated carbocycles. The molecule has 0 atom stereocenters. The molecule has 44 heavy (non-hydrogen) atoms. The number of aromatic nitrogens is 4. The molecule has 206 valence electrons. The van der Waals surface area contributed by atoms with Crippen LogP contribution in [0.5, 0.6) is 0 Å². The zero-order chi connectivity index (χ0) is 29.0. The highest BCUT2D eigenvalue weighted by molar-refractivity contribution is 6.13. The summed E-state index contributed by atoms with van der Waals surface area (Å²) in [5.74, 6) is 1.87. The van der Waals surface area contributed by atoms with Crippen molar-refractivity contribution in [1.82, 2.24) is 19.5 Å². The van der Waals surface area contributed by atoms with Gasteiger partial charge in [-0.05, 0) is 30.3 Å². The van der Waals surface area contributed by atoms with E-state index in [-0.39, 0.29) is 0 Å². The van der Waals surface area contributed by atoms with Crippen LogP contribution in [0.15, 0.2) is 150 Å². The van der Waals surface area contributed by atoms with Crippen molar-refractivity contribution in [2.24, 2.45) is 0 Å². The van der Waals surface area contributed by atoms with Gasteiger partial charge in [0.25, 0.3) is 0 Å². The Morgan fingerprint density at radius 2 is 1.00 bits per heavy atom. The van der Waals surface area contributed by atoms with Crippen molar-refractivity contribution in [3.63, 3.8) is 0 Å². The molecule has 9 aromatic rings. The number of rotatable bonds is 4. The molecule has 3 aromatic heterocycles. The van der Waals surface area contributed by atoms with Gasteiger partial charge < -0.3 is 8.98 Å². The fraction of sp³-hybridized carbons (Fsp3) is 0. The molecule has 0 aliphatic carbocycles. The number of fused-ring (bicyclic) bond motifs is 6. The molecule has 0 amide bonds. The molecular weight excluding hydrogens is 540 g/mol. The van der Waals surface area contributed by atoms with Crippen LogP contribution < -0.4 is 0 Å². The van der Waals surface area contributed by atoms with Gasteiger partial charge in [0, 0.05) is 50.0 Å². The molecule has 0 N–H and O–H groups in total. The number of furan rings is 1. The second-order valence-electron chi connectivity index (χ2n) is 10.9. The summed E-state index contributed by atoms with van der Waals surface area (Å²) in [6, 6.07) is 49.7. The Balaban J connectivity index is 1.26. The Morgan fingerprint density at radius 3 is 1.64 bits per heavy atom. The van der Waals surface area contributed by atoms with E-state index in [1.807, 2.05) is 72.8 Å². The van der Waals surface area contributed by atoms with E-state index in [1.54, 1.807) is 0 Å². The third-order valence-electron chi connectivity index (χ3n) is 8.26. The molecule has 0 spiro atoms. The smallest absolute Gasteiger partial charge is 0.164 e. The predicted octanol–water partition coefficient (Wildman–Crippen LogP) is 9.87. The average Bonchev–Trinajstić information content (AvgIpc) is 3.64. The average molecular weight is 565 g/mol. The highest BCUT2D eigenvalue weighted by Gasteiger charge is 2.19. The zero-order valence-electron chi connectivity index (χ0n) is 23.6. The summed E-state index contributed by atoms with van der Waals surface area (Å²) in [6.45, 7) is 0. The van der Waals surface area contributed by atoms with Crippen molar-refractivity contribution < 1.29 is 4.42 Å². The third-order valence-corrected chi connectivity index (χ3v) is 8.26. The Hall–Kier alpha value is -6.07. The maximum atomic E-state index is 6.52. The van der Waals surface area contributed by atoms with Crippen LogP contribution in [-0.4, -0.2) is 19.5 Å². The number of para-hydroxylation sites is 2. The summed E-state index contributed by atoms with van der Waals surface area (Å²) >= 11 is 0. The predicted molar refractivity (Wildman–Crippen MR) is 178 cm³/mol. The van der Waals surface area contributed by atoms with Gasteiger partial charge in [0.2, 0.25) is 0 Å². The molecule has 0 fully saturated rings. The monoisotopic (exact) mass is 564 g/mol. The van der Waals surface area contributed by atoms with Gasteiger partial charge in [-0.1, -0.05) is 109 Å². The lowest BCUT2D eigenvalue weighted by Crippen LogP contribution is -2.00. The van der Waals surface area contributed by atoms with Crippen LogP contribution in [0.4, 0.5) is 0 Å². The second-order valence-corrected chi connectivity index (χ2v) is 10.9. The second kappa shape index (κ2) is 9.75. The molecule has 0 aliphatic rings. The topological polar surface area (TPSA) is 56.7 Å². The van der Waals surface area contributed by atoms with Crippen LogP contribution in [0.25, 0.3) is 83.6 Å². The van der Waals surface area contributed by atoms with Crippen LogP contribution in [0.3, 0.4) is 0 Å². The van der Waals surface area contributed by atoms with E-state index in [4.69, 9.17) is 19.4 Å².